The zero-order valence-electron chi connectivity index (χ0n) is 20.8. The zero-order valence-corrected chi connectivity index (χ0v) is 20.8. The minimum absolute atomic E-state index is 0.273. The van der Waals surface area contributed by atoms with E-state index in [1.807, 2.05) is 0 Å². The monoisotopic (exact) mass is 412 g/mol. The first-order valence-electron chi connectivity index (χ1n) is 13.5. The maximum atomic E-state index is 11.6. The predicted molar refractivity (Wildman–Crippen MR) is 125 cm³/mol. The molecule has 5 aliphatic rings. The topological polar surface area (TPSA) is 17.1 Å². The van der Waals surface area contributed by atoms with Crippen molar-refractivity contribution >= 4 is 6.29 Å². The van der Waals surface area contributed by atoms with Gasteiger partial charge in [-0.2, -0.15) is 0 Å². The van der Waals surface area contributed by atoms with Crippen LogP contribution >= 0.6 is 0 Å². The molecule has 5 saturated carbocycles. The van der Waals surface area contributed by atoms with E-state index in [0.29, 0.717) is 27.6 Å². The van der Waals surface area contributed by atoms with Crippen LogP contribution in [0, 0.1) is 63.1 Å². The molecule has 0 aromatic rings. The van der Waals surface area contributed by atoms with Crippen LogP contribution in [-0.4, -0.2) is 6.29 Å². The van der Waals surface area contributed by atoms with Crippen LogP contribution < -0.4 is 0 Å². The predicted octanol–water partition coefficient (Wildman–Crippen LogP) is 7.92. The molecule has 0 spiro atoms. The van der Waals surface area contributed by atoms with Gasteiger partial charge in [0.25, 0.3) is 0 Å². The Balaban J connectivity index is 1.47. The fraction of sp³-hybridized carbons (Fsp3) is 0.966. The molecule has 0 radical (unpaired) electrons. The lowest BCUT2D eigenvalue weighted by Crippen LogP contribution is -2.64. The third-order valence-electron chi connectivity index (χ3n) is 13.0. The van der Waals surface area contributed by atoms with E-state index in [-0.39, 0.29) is 5.92 Å². The highest BCUT2D eigenvalue weighted by Gasteiger charge is 2.68. The van der Waals surface area contributed by atoms with Crippen LogP contribution in [0.4, 0.5) is 0 Å². The Morgan fingerprint density at radius 2 is 1.47 bits per heavy atom. The van der Waals surface area contributed by atoms with Gasteiger partial charge in [-0.05, 0) is 121 Å². The first kappa shape index (κ1) is 21.5. The van der Waals surface area contributed by atoms with Gasteiger partial charge in [-0.15, -0.1) is 0 Å². The van der Waals surface area contributed by atoms with E-state index in [1.165, 1.54) is 76.9 Å². The van der Waals surface area contributed by atoms with Crippen molar-refractivity contribution in [2.24, 2.45) is 63.1 Å². The number of fused-ring (bicyclic) bond motifs is 7. The molecule has 5 fully saturated rings. The number of hydrogen-bond donors (Lipinski definition) is 0. The molecule has 0 aromatic heterocycles. The second-order valence-corrected chi connectivity index (χ2v) is 14.1. The summed E-state index contributed by atoms with van der Waals surface area (Å²) in [4.78, 5) is 11.6. The second kappa shape index (κ2) is 6.84. The van der Waals surface area contributed by atoms with Gasteiger partial charge in [-0.3, -0.25) is 0 Å². The van der Waals surface area contributed by atoms with Crippen molar-refractivity contribution < 1.29 is 4.79 Å². The van der Waals surface area contributed by atoms with Crippen molar-refractivity contribution in [2.45, 2.75) is 112 Å². The van der Waals surface area contributed by atoms with Gasteiger partial charge < -0.3 is 4.79 Å². The summed E-state index contributed by atoms with van der Waals surface area (Å²) in [6, 6.07) is 0. The third kappa shape index (κ3) is 2.62. The molecule has 1 unspecified atom stereocenters. The van der Waals surface area contributed by atoms with E-state index >= 15 is 0 Å². The van der Waals surface area contributed by atoms with Crippen LogP contribution in [0.15, 0.2) is 0 Å². The molecule has 0 bridgehead atoms. The molecule has 0 amide bonds. The van der Waals surface area contributed by atoms with Crippen molar-refractivity contribution in [2.75, 3.05) is 0 Å². The van der Waals surface area contributed by atoms with E-state index in [9.17, 15) is 4.79 Å². The maximum absolute atomic E-state index is 11.6. The van der Waals surface area contributed by atoms with Crippen LogP contribution in [0.25, 0.3) is 0 Å². The molecule has 5 rings (SSSR count). The lowest BCUT2D eigenvalue weighted by molar-refractivity contribution is -0.227. The average molecular weight is 413 g/mol. The highest BCUT2D eigenvalue weighted by atomic mass is 16.1. The summed E-state index contributed by atoms with van der Waals surface area (Å²) in [5, 5.41) is 0. The minimum Gasteiger partial charge on any atom is -0.303 e. The van der Waals surface area contributed by atoms with Crippen molar-refractivity contribution in [3.8, 4) is 0 Å². The van der Waals surface area contributed by atoms with Crippen molar-refractivity contribution in [3.05, 3.63) is 0 Å². The lowest BCUT2D eigenvalue weighted by atomic mass is 9.33. The number of aldehydes is 1. The van der Waals surface area contributed by atoms with Crippen LogP contribution in [0.2, 0.25) is 0 Å². The van der Waals surface area contributed by atoms with Gasteiger partial charge >= 0.3 is 0 Å². The Kier molecular flexibility index (Phi) is 4.90. The molecule has 10 atom stereocenters. The molecule has 170 valence electrons. The minimum atomic E-state index is 0.273. The lowest BCUT2D eigenvalue weighted by Gasteiger charge is -2.71. The SMILES string of the molecule is CC(C=O)[C@H]1CC[C@H]2[C@H]1CC[C@]1(C)[C@@H]2CC[C@@H]2[C@@]3(C)CCCC(C)(C)[C@@H]3CC[C@]21C. The molecular formula is C29H48O. The summed E-state index contributed by atoms with van der Waals surface area (Å²) in [5.74, 6) is 5.46. The number of hydrogen-bond acceptors (Lipinski definition) is 1. The van der Waals surface area contributed by atoms with Gasteiger partial charge in [-0.25, -0.2) is 0 Å². The fourth-order valence-electron chi connectivity index (χ4n) is 11.5. The average Bonchev–Trinajstić information content (AvgIpc) is 3.11. The summed E-state index contributed by atoms with van der Waals surface area (Å²) < 4.78 is 0. The van der Waals surface area contributed by atoms with E-state index in [4.69, 9.17) is 0 Å². The molecule has 0 saturated heterocycles. The van der Waals surface area contributed by atoms with Gasteiger partial charge in [0.1, 0.15) is 6.29 Å². The van der Waals surface area contributed by atoms with Gasteiger partial charge in [0, 0.05) is 5.92 Å². The van der Waals surface area contributed by atoms with E-state index < -0.39 is 0 Å². The molecule has 1 nitrogen and oxygen atoms in total. The van der Waals surface area contributed by atoms with Crippen LogP contribution in [0.3, 0.4) is 0 Å². The van der Waals surface area contributed by atoms with Crippen LogP contribution in [-0.2, 0) is 4.79 Å². The third-order valence-corrected chi connectivity index (χ3v) is 13.0. The van der Waals surface area contributed by atoms with Crippen LogP contribution in [0.5, 0.6) is 0 Å². The number of carbonyl (C=O) groups excluding carboxylic acids is 1. The van der Waals surface area contributed by atoms with Gasteiger partial charge in [-0.1, -0.05) is 48.0 Å². The Hall–Kier alpha value is -0.330. The Bertz CT molecular complexity index is 694. The van der Waals surface area contributed by atoms with E-state index in [0.717, 1.165) is 29.6 Å². The second-order valence-electron chi connectivity index (χ2n) is 14.1. The standard InChI is InChI=1S/C29H48O/c1-19(18-30)20-8-9-22-21(20)12-16-28(5)23(22)10-11-25-27(4)15-7-14-26(2,3)24(27)13-17-29(25,28)6/h18-25H,7-17H2,1-6H3/t19?,20-,21+,22+,23-,24+,25-,27+,28-,29-/m1/s1. The zero-order chi connectivity index (χ0) is 21.5. The largest absolute Gasteiger partial charge is 0.303 e. The van der Waals surface area contributed by atoms with Gasteiger partial charge in [0.2, 0.25) is 0 Å². The Labute approximate surface area is 186 Å². The van der Waals surface area contributed by atoms with Crippen molar-refractivity contribution in [1.82, 2.24) is 0 Å². The van der Waals surface area contributed by atoms with Crippen LogP contribution in [0.1, 0.15) is 112 Å². The highest BCUT2D eigenvalue weighted by molar-refractivity contribution is 5.53. The number of carbonyl (C=O) groups is 1. The Morgan fingerprint density at radius 1 is 0.733 bits per heavy atom. The summed E-state index contributed by atoms with van der Waals surface area (Å²) >= 11 is 0. The van der Waals surface area contributed by atoms with Gasteiger partial charge in [0.05, 0.1) is 0 Å². The molecular weight excluding hydrogens is 364 g/mol. The normalized spacial score (nSPS) is 55.5. The highest BCUT2D eigenvalue weighted by Crippen LogP contribution is 2.75. The maximum Gasteiger partial charge on any atom is 0.123 e. The van der Waals surface area contributed by atoms with Crippen molar-refractivity contribution in [1.29, 1.82) is 0 Å². The molecule has 0 aliphatic heterocycles. The molecule has 0 N–H and O–H groups in total. The smallest absolute Gasteiger partial charge is 0.123 e. The summed E-state index contributed by atoms with van der Waals surface area (Å²) in [6.45, 7) is 15.6. The molecule has 30 heavy (non-hydrogen) atoms. The molecule has 0 heterocycles. The molecule has 5 aliphatic carbocycles. The fourth-order valence-corrected chi connectivity index (χ4v) is 11.5. The molecule has 0 aromatic carbocycles. The number of rotatable bonds is 2. The van der Waals surface area contributed by atoms with E-state index in [1.54, 1.807) is 0 Å². The molecule has 1 heteroatoms. The first-order valence-corrected chi connectivity index (χ1v) is 13.5. The quantitative estimate of drug-likeness (QED) is 0.421. The first-order chi connectivity index (χ1) is 14.1. The van der Waals surface area contributed by atoms with Gasteiger partial charge in [0.15, 0.2) is 0 Å². The summed E-state index contributed by atoms with van der Waals surface area (Å²) in [6.07, 6.45) is 17.1. The van der Waals surface area contributed by atoms with Crippen molar-refractivity contribution in [3.63, 3.8) is 0 Å². The Morgan fingerprint density at radius 3 is 2.20 bits per heavy atom. The summed E-state index contributed by atoms with van der Waals surface area (Å²) in [5.41, 5.74) is 2.14. The summed E-state index contributed by atoms with van der Waals surface area (Å²) in [7, 11) is 0. The van der Waals surface area contributed by atoms with E-state index in [2.05, 4.69) is 41.5 Å².